The van der Waals surface area contributed by atoms with E-state index in [1.165, 1.54) is 0 Å². The van der Waals surface area contributed by atoms with Gasteiger partial charge in [-0.3, -0.25) is 4.79 Å². The number of hydrogen-bond donors (Lipinski definition) is 1. The fourth-order valence-corrected chi connectivity index (χ4v) is 2.22. The summed E-state index contributed by atoms with van der Waals surface area (Å²) in [5, 5.41) is 8.76. The van der Waals surface area contributed by atoms with Crippen LogP contribution in [0, 0.1) is 17.8 Å². The van der Waals surface area contributed by atoms with E-state index in [2.05, 4.69) is 6.92 Å². The molecule has 2 heteroatoms. The molecule has 1 saturated carbocycles. The van der Waals surface area contributed by atoms with E-state index in [1.54, 1.807) is 0 Å². The third-order valence-corrected chi connectivity index (χ3v) is 3.19. The van der Waals surface area contributed by atoms with Crippen molar-refractivity contribution in [2.45, 2.75) is 33.1 Å². The van der Waals surface area contributed by atoms with Crippen LogP contribution in [0.3, 0.4) is 0 Å². The number of rotatable bonds is 3. The van der Waals surface area contributed by atoms with Crippen LogP contribution >= 0.6 is 0 Å². The number of carbonyl (C=O) groups is 1. The molecule has 0 aromatic rings. The second-order valence-corrected chi connectivity index (χ2v) is 3.95. The van der Waals surface area contributed by atoms with Gasteiger partial charge >= 0.3 is 0 Å². The van der Waals surface area contributed by atoms with Crippen molar-refractivity contribution in [3.8, 4) is 0 Å². The number of Topliss-reactive ketones (excluding diaryl/α,β-unsaturated/α-hetero) is 1. The van der Waals surface area contributed by atoms with Crippen LogP contribution in [-0.4, -0.2) is 17.5 Å². The van der Waals surface area contributed by atoms with E-state index in [0.717, 1.165) is 19.3 Å². The van der Waals surface area contributed by atoms with Crippen molar-refractivity contribution < 1.29 is 9.90 Å². The van der Waals surface area contributed by atoms with Crippen LogP contribution < -0.4 is 0 Å². The Hall–Kier alpha value is -0.370. The van der Waals surface area contributed by atoms with Crippen LogP contribution in [-0.2, 0) is 4.79 Å². The van der Waals surface area contributed by atoms with Gasteiger partial charge in [0, 0.05) is 18.9 Å². The summed E-state index contributed by atoms with van der Waals surface area (Å²) in [7, 11) is 0. The van der Waals surface area contributed by atoms with Crippen LogP contribution in [0.2, 0.25) is 0 Å². The zero-order chi connectivity index (χ0) is 9.14. The molecule has 0 amide bonds. The standard InChI is InChI=1S/C10H18O2/c1-7(5-6-11)9-3-4-10(12)8(9)2/h7-9,11H,3-6H2,1-2H3/t7-,8-,9-/m0/s1. The minimum Gasteiger partial charge on any atom is -0.396 e. The van der Waals surface area contributed by atoms with Gasteiger partial charge in [-0.05, 0) is 24.7 Å². The lowest BCUT2D eigenvalue weighted by molar-refractivity contribution is -0.121. The van der Waals surface area contributed by atoms with Gasteiger partial charge in [0.1, 0.15) is 5.78 Å². The Kier molecular flexibility index (Phi) is 3.27. The summed E-state index contributed by atoms with van der Waals surface area (Å²) in [6.07, 6.45) is 2.62. The predicted molar refractivity (Wildman–Crippen MR) is 47.8 cm³/mol. The first-order valence-electron chi connectivity index (χ1n) is 4.80. The molecule has 0 heterocycles. The van der Waals surface area contributed by atoms with Crippen molar-refractivity contribution in [2.75, 3.05) is 6.61 Å². The van der Waals surface area contributed by atoms with E-state index in [4.69, 9.17) is 5.11 Å². The van der Waals surface area contributed by atoms with E-state index in [0.29, 0.717) is 17.6 Å². The normalized spacial score (nSPS) is 32.4. The van der Waals surface area contributed by atoms with Crippen molar-refractivity contribution in [1.29, 1.82) is 0 Å². The Morgan fingerprint density at radius 3 is 2.75 bits per heavy atom. The lowest BCUT2D eigenvalue weighted by Crippen LogP contribution is -2.18. The zero-order valence-electron chi connectivity index (χ0n) is 7.92. The molecule has 1 N–H and O–H groups in total. The van der Waals surface area contributed by atoms with Crippen LogP contribution in [0.25, 0.3) is 0 Å². The van der Waals surface area contributed by atoms with Crippen LogP contribution in [0.5, 0.6) is 0 Å². The van der Waals surface area contributed by atoms with Gasteiger partial charge in [0.15, 0.2) is 0 Å². The van der Waals surface area contributed by atoms with Gasteiger partial charge in [0.05, 0.1) is 0 Å². The van der Waals surface area contributed by atoms with Gasteiger partial charge in [-0.1, -0.05) is 13.8 Å². The second-order valence-electron chi connectivity index (χ2n) is 3.95. The molecule has 1 fully saturated rings. The SMILES string of the molecule is C[C@@H]1C(=O)CC[C@H]1[C@@H](C)CCO. The van der Waals surface area contributed by atoms with Gasteiger partial charge in [0.2, 0.25) is 0 Å². The minimum absolute atomic E-state index is 0.228. The highest BCUT2D eigenvalue weighted by atomic mass is 16.3. The number of aliphatic hydroxyl groups is 1. The summed E-state index contributed by atoms with van der Waals surface area (Å²) < 4.78 is 0. The number of carbonyl (C=O) groups excluding carboxylic acids is 1. The first-order valence-corrected chi connectivity index (χ1v) is 4.80. The maximum absolute atomic E-state index is 11.2. The van der Waals surface area contributed by atoms with Gasteiger partial charge in [0.25, 0.3) is 0 Å². The highest BCUT2D eigenvalue weighted by Gasteiger charge is 2.33. The van der Waals surface area contributed by atoms with Crippen LogP contribution in [0.4, 0.5) is 0 Å². The molecule has 0 aliphatic heterocycles. The summed E-state index contributed by atoms with van der Waals surface area (Å²) in [4.78, 5) is 11.2. The number of aliphatic hydroxyl groups excluding tert-OH is 1. The lowest BCUT2D eigenvalue weighted by Gasteiger charge is -2.21. The highest BCUT2D eigenvalue weighted by Crippen LogP contribution is 2.35. The highest BCUT2D eigenvalue weighted by molar-refractivity contribution is 5.83. The molecule has 12 heavy (non-hydrogen) atoms. The summed E-state index contributed by atoms with van der Waals surface area (Å²) in [5.74, 6) is 1.65. The third kappa shape index (κ3) is 1.86. The first kappa shape index (κ1) is 9.72. The average molecular weight is 170 g/mol. The average Bonchev–Trinajstić information content (AvgIpc) is 2.34. The quantitative estimate of drug-likeness (QED) is 0.698. The molecule has 0 aromatic carbocycles. The van der Waals surface area contributed by atoms with Gasteiger partial charge in [-0.2, -0.15) is 0 Å². The number of ketones is 1. The summed E-state index contributed by atoms with van der Waals surface area (Å²) in [6.45, 7) is 4.41. The van der Waals surface area contributed by atoms with Crippen molar-refractivity contribution in [2.24, 2.45) is 17.8 Å². The Balaban J connectivity index is 2.47. The molecule has 0 spiro atoms. The van der Waals surface area contributed by atoms with E-state index in [9.17, 15) is 4.79 Å². The summed E-state index contributed by atoms with van der Waals surface area (Å²) in [6, 6.07) is 0. The molecule has 0 bridgehead atoms. The van der Waals surface area contributed by atoms with E-state index in [1.807, 2.05) is 6.92 Å². The van der Waals surface area contributed by atoms with E-state index >= 15 is 0 Å². The van der Waals surface area contributed by atoms with Crippen molar-refractivity contribution in [3.05, 3.63) is 0 Å². The monoisotopic (exact) mass is 170 g/mol. The topological polar surface area (TPSA) is 37.3 Å². The van der Waals surface area contributed by atoms with Gasteiger partial charge in [-0.15, -0.1) is 0 Å². The molecule has 3 atom stereocenters. The Morgan fingerprint density at radius 1 is 1.67 bits per heavy atom. The smallest absolute Gasteiger partial charge is 0.135 e. The molecular formula is C10H18O2. The molecule has 1 aliphatic carbocycles. The van der Waals surface area contributed by atoms with Crippen molar-refractivity contribution >= 4 is 5.78 Å². The fourth-order valence-electron chi connectivity index (χ4n) is 2.22. The van der Waals surface area contributed by atoms with E-state index in [-0.39, 0.29) is 12.5 Å². The molecule has 70 valence electrons. The van der Waals surface area contributed by atoms with Gasteiger partial charge in [-0.25, -0.2) is 0 Å². The Labute approximate surface area is 74.0 Å². The predicted octanol–water partition coefficient (Wildman–Crippen LogP) is 1.62. The Bertz CT molecular complexity index is 165. The molecule has 0 aromatic heterocycles. The molecule has 1 aliphatic rings. The lowest BCUT2D eigenvalue weighted by atomic mass is 9.84. The largest absolute Gasteiger partial charge is 0.396 e. The van der Waals surface area contributed by atoms with E-state index < -0.39 is 0 Å². The molecule has 1 rings (SSSR count). The van der Waals surface area contributed by atoms with Crippen molar-refractivity contribution in [1.82, 2.24) is 0 Å². The first-order chi connectivity index (χ1) is 5.66. The second kappa shape index (κ2) is 4.04. The Morgan fingerprint density at radius 2 is 2.33 bits per heavy atom. The fraction of sp³-hybridized carbons (Fsp3) is 0.900. The number of hydrogen-bond acceptors (Lipinski definition) is 2. The third-order valence-electron chi connectivity index (χ3n) is 3.19. The maximum Gasteiger partial charge on any atom is 0.135 e. The van der Waals surface area contributed by atoms with Crippen LogP contribution in [0.1, 0.15) is 33.1 Å². The van der Waals surface area contributed by atoms with Gasteiger partial charge < -0.3 is 5.11 Å². The zero-order valence-corrected chi connectivity index (χ0v) is 7.92. The summed E-state index contributed by atoms with van der Waals surface area (Å²) >= 11 is 0. The summed E-state index contributed by atoms with van der Waals surface area (Å²) in [5.41, 5.74) is 0. The molecule has 0 saturated heterocycles. The molecular weight excluding hydrogens is 152 g/mol. The minimum atomic E-state index is 0.228. The molecule has 0 unspecified atom stereocenters. The molecule has 2 nitrogen and oxygen atoms in total. The molecule has 0 radical (unpaired) electrons. The van der Waals surface area contributed by atoms with Crippen LogP contribution in [0.15, 0.2) is 0 Å². The maximum atomic E-state index is 11.2. The van der Waals surface area contributed by atoms with Crippen molar-refractivity contribution in [3.63, 3.8) is 0 Å².